The molecule has 0 N–H and O–H groups in total. The minimum absolute atomic E-state index is 0.196. The first-order valence-corrected chi connectivity index (χ1v) is 12.5. The van der Waals surface area contributed by atoms with Gasteiger partial charge in [0.2, 0.25) is 0 Å². The third-order valence-corrected chi connectivity index (χ3v) is 6.55. The van der Waals surface area contributed by atoms with Crippen LogP contribution in [0.3, 0.4) is 0 Å². The number of rotatable bonds is 5. The van der Waals surface area contributed by atoms with Gasteiger partial charge in [-0.1, -0.05) is 26.8 Å². The molecule has 0 fully saturated rings. The Morgan fingerprint density at radius 1 is 0.972 bits per heavy atom. The molecule has 0 aliphatic heterocycles. The summed E-state index contributed by atoms with van der Waals surface area (Å²) in [6, 6.07) is 9.54. The standard InChI is InChI=1S/C28H30BrN5O2/c1-16-13-30-21(25-17(2)14-31-27(33-25)28(5,6)7)12-22(16)34-19(4)11-23(24(29)26(34)35)36-15-20-10-8-9-18(3)32-20/h8-14H,15H2,1-7H3. The number of hydrogen-bond acceptors (Lipinski definition) is 6. The van der Waals surface area contributed by atoms with Gasteiger partial charge in [-0.05, 0) is 73.0 Å². The van der Waals surface area contributed by atoms with Gasteiger partial charge in [0.1, 0.15) is 22.7 Å². The Balaban J connectivity index is 1.75. The molecule has 0 atom stereocenters. The van der Waals surface area contributed by atoms with E-state index in [1.54, 1.807) is 10.8 Å². The molecule has 0 aromatic carbocycles. The predicted octanol–water partition coefficient (Wildman–Crippen LogP) is 5.96. The van der Waals surface area contributed by atoms with Gasteiger partial charge in [0.05, 0.1) is 22.8 Å². The molecule has 7 nitrogen and oxygen atoms in total. The van der Waals surface area contributed by atoms with Crippen molar-refractivity contribution in [2.24, 2.45) is 0 Å². The highest BCUT2D eigenvalue weighted by Crippen LogP contribution is 2.29. The van der Waals surface area contributed by atoms with Gasteiger partial charge in [-0.25, -0.2) is 9.97 Å². The molecule has 4 heterocycles. The topological polar surface area (TPSA) is 82.8 Å². The van der Waals surface area contributed by atoms with Crippen LogP contribution in [0.4, 0.5) is 0 Å². The smallest absolute Gasteiger partial charge is 0.273 e. The Labute approximate surface area is 219 Å². The fourth-order valence-corrected chi connectivity index (χ4v) is 4.27. The van der Waals surface area contributed by atoms with E-state index in [4.69, 9.17) is 9.72 Å². The van der Waals surface area contributed by atoms with Gasteiger partial charge in [0.15, 0.2) is 0 Å². The van der Waals surface area contributed by atoms with Crippen molar-refractivity contribution < 1.29 is 4.74 Å². The summed E-state index contributed by atoms with van der Waals surface area (Å²) < 4.78 is 7.99. The molecule has 4 aromatic heterocycles. The molecule has 0 unspecified atom stereocenters. The Bertz CT molecular complexity index is 1510. The number of ether oxygens (including phenoxy) is 1. The average molecular weight is 548 g/mol. The van der Waals surface area contributed by atoms with Gasteiger partial charge in [0, 0.05) is 35.3 Å². The van der Waals surface area contributed by atoms with E-state index in [0.717, 1.165) is 45.4 Å². The van der Waals surface area contributed by atoms with E-state index in [1.807, 2.05) is 64.2 Å². The highest BCUT2D eigenvalue weighted by atomic mass is 79.9. The van der Waals surface area contributed by atoms with E-state index in [-0.39, 0.29) is 17.6 Å². The van der Waals surface area contributed by atoms with Gasteiger partial charge in [-0.2, -0.15) is 0 Å². The summed E-state index contributed by atoms with van der Waals surface area (Å²) in [5.41, 5.74) is 6.03. The maximum absolute atomic E-state index is 13.5. The van der Waals surface area contributed by atoms with Crippen LogP contribution in [0.5, 0.6) is 5.75 Å². The van der Waals surface area contributed by atoms with Gasteiger partial charge >= 0.3 is 0 Å². The first-order valence-electron chi connectivity index (χ1n) is 11.7. The van der Waals surface area contributed by atoms with Crippen molar-refractivity contribution in [3.05, 3.63) is 91.6 Å². The molecule has 0 saturated carbocycles. The van der Waals surface area contributed by atoms with Crippen LogP contribution in [0.1, 0.15) is 54.8 Å². The lowest BCUT2D eigenvalue weighted by Crippen LogP contribution is -2.23. The Hall–Kier alpha value is -3.39. The van der Waals surface area contributed by atoms with Crippen molar-refractivity contribution in [3.63, 3.8) is 0 Å². The molecule has 4 aromatic rings. The fraction of sp³-hybridized carbons (Fsp3) is 0.321. The third-order valence-electron chi connectivity index (χ3n) is 5.82. The van der Waals surface area contributed by atoms with Gasteiger partial charge in [-0.3, -0.25) is 19.3 Å². The van der Waals surface area contributed by atoms with E-state index in [2.05, 4.69) is 51.7 Å². The number of aryl methyl sites for hydroxylation is 4. The van der Waals surface area contributed by atoms with Crippen molar-refractivity contribution in [1.29, 1.82) is 0 Å². The lowest BCUT2D eigenvalue weighted by atomic mass is 9.95. The average Bonchev–Trinajstić information content (AvgIpc) is 2.81. The normalized spacial score (nSPS) is 11.6. The number of halogens is 1. The molecule has 8 heteroatoms. The summed E-state index contributed by atoms with van der Waals surface area (Å²) in [4.78, 5) is 31.9. The van der Waals surface area contributed by atoms with E-state index in [1.165, 1.54) is 0 Å². The quantitative estimate of drug-likeness (QED) is 0.306. The Morgan fingerprint density at radius 3 is 2.39 bits per heavy atom. The summed E-state index contributed by atoms with van der Waals surface area (Å²) in [7, 11) is 0. The van der Waals surface area contributed by atoms with Crippen molar-refractivity contribution in [2.75, 3.05) is 0 Å². The lowest BCUT2D eigenvalue weighted by molar-refractivity contribution is 0.297. The van der Waals surface area contributed by atoms with Crippen molar-refractivity contribution in [1.82, 2.24) is 24.5 Å². The maximum atomic E-state index is 13.5. The molecule has 0 saturated heterocycles. The van der Waals surface area contributed by atoms with E-state index in [0.29, 0.717) is 15.9 Å². The van der Waals surface area contributed by atoms with Gasteiger partial charge < -0.3 is 4.74 Å². The zero-order valence-electron chi connectivity index (χ0n) is 21.7. The molecule has 0 radical (unpaired) electrons. The number of aromatic nitrogens is 5. The molecule has 4 rings (SSSR count). The number of hydrogen-bond donors (Lipinski definition) is 0. The second-order valence-electron chi connectivity index (χ2n) is 9.99. The zero-order chi connectivity index (χ0) is 26.2. The largest absolute Gasteiger partial charge is 0.486 e. The predicted molar refractivity (Wildman–Crippen MR) is 145 cm³/mol. The van der Waals surface area contributed by atoms with Gasteiger partial charge in [0.25, 0.3) is 5.56 Å². The van der Waals surface area contributed by atoms with Crippen LogP contribution in [0, 0.1) is 27.7 Å². The highest BCUT2D eigenvalue weighted by molar-refractivity contribution is 9.10. The van der Waals surface area contributed by atoms with Crippen LogP contribution in [-0.4, -0.2) is 24.5 Å². The minimum Gasteiger partial charge on any atom is -0.486 e. The van der Waals surface area contributed by atoms with Crippen molar-refractivity contribution in [2.45, 2.75) is 60.5 Å². The van der Waals surface area contributed by atoms with Crippen LogP contribution >= 0.6 is 15.9 Å². The van der Waals surface area contributed by atoms with Crippen LogP contribution in [0.15, 0.2) is 52.0 Å². The second kappa shape index (κ2) is 9.93. The molecule has 0 amide bonds. The van der Waals surface area contributed by atoms with E-state index >= 15 is 0 Å². The summed E-state index contributed by atoms with van der Waals surface area (Å²) >= 11 is 3.47. The molecular weight excluding hydrogens is 518 g/mol. The number of pyridine rings is 3. The molecule has 0 aliphatic carbocycles. The molecule has 0 bridgehead atoms. The summed E-state index contributed by atoms with van der Waals surface area (Å²) in [5, 5.41) is 0. The van der Waals surface area contributed by atoms with Crippen LogP contribution in [0.2, 0.25) is 0 Å². The number of nitrogens with zero attached hydrogens (tertiary/aromatic N) is 5. The van der Waals surface area contributed by atoms with Crippen LogP contribution in [-0.2, 0) is 12.0 Å². The molecule has 0 aliphatic rings. The SMILES string of the molecule is Cc1cccc(COc2cc(C)n(-c3cc(-c4nc(C(C)(C)C)ncc4C)ncc3C)c(=O)c2Br)n1. The van der Waals surface area contributed by atoms with Crippen molar-refractivity contribution >= 4 is 15.9 Å². The fourth-order valence-electron chi connectivity index (χ4n) is 3.86. The third kappa shape index (κ3) is 5.23. The molecule has 36 heavy (non-hydrogen) atoms. The summed E-state index contributed by atoms with van der Waals surface area (Å²) in [6.07, 6.45) is 3.60. The van der Waals surface area contributed by atoms with E-state index in [9.17, 15) is 4.79 Å². The van der Waals surface area contributed by atoms with Crippen LogP contribution < -0.4 is 10.3 Å². The summed E-state index contributed by atoms with van der Waals surface area (Å²) in [5.74, 6) is 1.22. The molecule has 186 valence electrons. The maximum Gasteiger partial charge on any atom is 0.273 e. The minimum atomic E-state index is -0.211. The first kappa shape index (κ1) is 25.7. The zero-order valence-corrected chi connectivity index (χ0v) is 23.3. The molecular formula is C28H30BrN5O2. The second-order valence-corrected chi connectivity index (χ2v) is 10.8. The summed E-state index contributed by atoms with van der Waals surface area (Å²) in [6.45, 7) is 14.2. The Morgan fingerprint density at radius 2 is 1.69 bits per heavy atom. The first-order chi connectivity index (χ1) is 17.0. The monoisotopic (exact) mass is 547 g/mol. The van der Waals surface area contributed by atoms with Crippen LogP contribution in [0.25, 0.3) is 17.1 Å². The molecule has 0 spiro atoms. The van der Waals surface area contributed by atoms with E-state index < -0.39 is 0 Å². The Kier molecular flexibility index (Phi) is 7.09. The highest BCUT2D eigenvalue weighted by Gasteiger charge is 2.21. The van der Waals surface area contributed by atoms with Crippen molar-refractivity contribution in [3.8, 4) is 22.8 Å². The lowest BCUT2D eigenvalue weighted by Gasteiger charge is -2.19. The van der Waals surface area contributed by atoms with Gasteiger partial charge in [-0.15, -0.1) is 0 Å².